The third-order valence-electron chi connectivity index (χ3n) is 3.71. The summed E-state index contributed by atoms with van der Waals surface area (Å²) in [6.45, 7) is 5.08. The average Bonchev–Trinajstić information content (AvgIpc) is 2.57. The minimum absolute atomic E-state index is 0.213. The molecule has 0 aliphatic carbocycles. The van der Waals surface area contributed by atoms with Gasteiger partial charge in [0.15, 0.2) is 0 Å². The zero-order valence-electron chi connectivity index (χ0n) is 13.3. The van der Waals surface area contributed by atoms with Crippen LogP contribution in [-0.2, 0) is 0 Å². The van der Waals surface area contributed by atoms with Gasteiger partial charge in [-0.05, 0) is 55.1 Å². The quantitative estimate of drug-likeness (QED) is 0.624. The monoisotopic (exact) mass is 310 g/mol. The highest BCUT2D eigenvalue weighted by atomic mass is 19.1. The summed E-state index contributed by atoms with van der Waals surface area (Å²) >= 11 is 0. The van der Waals surface area contributed by atoms with Gasteiger partial charge in [-0.25, -0.2) is 4.39 Å². The Balaban J connectivity index is 2.01. The first-order valence-electron chi connectivity index (χ1n) is 7.81. The Labute approximate surface area is 135 Å². The molecule has 3 aromatic carbocycles. The fourth-order valence-corrected chi connectivity index (χ4v) is 2.65. The van der Waals surface area contributed by atoms with E-state index in [2.05, 4.69) is 0 Å². The lowest BCUT2D eigenvalue weighted by molar-refractivity contribution is 0.340. The Bertz CT molecular complexity index is 810. The van der Waals surface area contributed by atoms with E-state index in [-0.39, 0.29) is 5.82 Å². The molecule has 0 spiro atoms. The predicted molar refractivity (Wildman–Crippen MR) is 91.7 cm³/mol. The molecule has 118 valence electrons. The lowest BCUT2D eigenvalue weighted by Gasteiger charge is -2.10. The molecule has 23 heavy (non-hydrogen) atoms. The maximum Gasteiger partial charge on any atom is 0.138 e. The molecular formula is C20H19FO2. The van der Waals surface area contributed by atoms with E-state index in [1.54, 1.807) is 12.1 Å². The van der Waals surface area contributed by atoms with Crippen LogP contribution in [0.15, 0.2) is 54.6 Å². The van der Waals surface area contributed by atoms with Gasteiger partial charge in [-0.3, -0.25) is 0 Å². The smallest absolute Gasteiger partial charge is 0.138 e. The molecule has 3 aromatic rings. The van der Waals surface area contributed by atoms with Gasteiger partial charge < -0.3 is 9.47 Å². The maximum absolute atomic E-state index is 14.8. The number of halogens is 1. The first-order chi connectivity index (χ1) is 11.2. The molecule has 0 radical (unpaired) electrons. The van der Waals surface area contributed by atoms with Crippen LogP contribution in [0.2, 0.25) is 0 Å². The molecule has 0 amide bonds. The molecule has 0 heterocycles. The molecule has 0 aliphatic heterocycles. The lowest BCUT2D eigenvalue weighted by Crippen LogP contribution is -1.93. The molecule has 2 nitrogen and oxygen atoms in total. The van der Waals surface area contributed by atoms with Gasteiger partial charge in [-0.15, -0.1) is 0 Å². The summed E-state index contributed by atoms with van der Waals surface area (Å²) in [5, 5.41) is 1.43. The third kappa shape index (κ3) is 3.14. The van der Waals surface area contributed by atoms with Gasteiger partial charge in [0.05, 0.1) is 13.2 Å². The van der Waals surface area contributed by atoms with Gasteiger partial charge in [0.25, 0.3) is 0 Å². The summed E-state index contributed by atoms with van der Waals surface area (Å²) in [5.41, 5.74) is 1.42. The third-order valence-corrected chi connectivity index (χ3v) is 3.71. The normalized spacial score (nSPS) is 10.7. The standard InChI is InChI=1S/C20H19FO2/c1-3-22-16-8-5-14(6-9-16)18-11-7-15-13-17(23-4-2)10-12-19(15)20(18)21/h5-13H,3-4H2,1-2H3. The molecule has 0 N–H and O–H groups in total. The summed E-state index contributed by atoms with van der Waals surface area (Å²) in [4.78, 5) is 0. The van der Waals surface area contributed by atoms with Crippen molar-refractivity contribution in [2.24, 2.45) is 0 Å². The fourth-order valence-electron chi connectivity index (χ4n) is 2.65. The van der Waals surface area contributed by atoms with Crippen molar-refractivity contribution < 1.29 is 13.9 Å². The molecule has 3 heteroatoms. The topological polar surface area (TPSA) is 18.5 Å². The van der Waals surface area contributed by atoms with Gasteiger partial charge in [0.2, 0.25) is 0 Å². The summed E-state index contributed by atoms with van der Waals surface area (Å²) in [5.74, 6) is 1.33. The van der Waals surface area contributed by atoms with Gasteiger partial charge in [0.1, 0.15) is 17.3 Å². The molecule has 0 aromatic heterocycles. The van der Waals surface area contributed by atoms with Crippen LogP contribution in [0, 0.1) is 5.82 Å². The highest BCUT2D eigenvalue weighted by Crippen LogP contribution is 2.31. The van der Waals surface area contributed by atoms with E-state index in [4.69, 9.17) is 9.47 Å². The van der Waals surface area contributed by atoms with Crippen molar-refractivity contribution in [3.05, 3.63) is 60.4 Å². The number of hydrogen-bond donors (Lipinski definition) is 0. The lowest BCUT2D eigenvalue weighted by atomic mass is 10.00. The second-order valence-electron chi connectivity index (χ2n) is 5.20. The Morgan fingerprint density at radius 1 is 0.783 bits per heavy atom. The molecule has 0 saturated heterocycles. The Hall–Kier alpha value is -2.55. The number of hydrogen-bond acceptors (Lipinski definition) is 2. The zero-order chi connectivity index (χ0) is 16.2. The Morgan fingerprint density at radius 2 is 1.43 bits per heavy atom. The van der Waals surface area contributed by atoms with Crippen LogP contribution in [0.5, 0.6) is 11.5 Å². The van der Waals surface area contributed by atoms with Crippen molar-refractivity contribution in [1.29, 1.82) is 0 Å². The van der Waals surface area contributed by atoms with Crippen molar-refractivity contribution in [1.82, 2.24) is 0 Å². The van der Waals surface area contributed by atoms with Gasteiger partial charge in [-0.2, -0.15) is 0 Å². The highest BCUT2D eigenvalue weighted by Gasteiger charge is 2.10. The van der Waals surface area contributed by atoms with Crippen molar-refractivity contribution in [3.63, 3.8) is 0 Å². The van der Waals surface area contributed by atoms with E-state index in [9.17, 15) is 4.39 Å². The van der Waals surface area contributed by atoms with E-state index in [1.807, 2.05) is 56.3 Å². The number of benzene rings is 3. The first-order valence-corrected chi connectivity index (χ1v) is 7.81. The summed E-state index contributed by atoms with van der Waals surface area (Å²) in [6.07, 6.45) is 0. The number of ether oxygens (including phenoxy) is 2. The Kier molecular flexibility index (Phi) is 4.47. The van der Waals surface area contributed by atoms with E-state index >= 15 is 0 Å². The molecule has 0 fully saturated rings. The van der Waals surface area contributed by atoms with E-state index < -0.39 is 0 Å². The summed E-state index contributed by atoms with van der Waals surface area (Å²) in [6, 6.07) is 16.7. The fraction of sp³-hybridized carbons (Fsp3) is 0.200. The second-order valence-corrected chi connectivity index (χ2v) is 5.20. The molecule has 0 atom stereocenters. The van der Waals surface area contributed by atoms with Gasteiger partial charge in [0, 0.05) is 10.9 Å². The van der Waals surface area contributed by atoms with Crippen LogP contribution < -0.4 is 9.47 Å². The van der Waals surface area contributed by atoms with E-state index in [1.165, 1.54) is 0 Å². The van der Waals surface area contributed by atoms with Crippen molar-refractivity contribution in [3.8, 4) is 22.6 Å². The van der Waals surface area contributed by atoms with Gasteiger partial charge in [-0.1, -0.05) is 24.3 Å². The molecule has 0 saturated carbocycles. The molecule has 3 rings (SSSR count). The van der Waals surface area contributed by atoms with E-state index in [0.29, 0.717) is 24.2 Å². The molecular weight excluding hydrogens is 291 g/mol. The predicted octanol–water partition coefficient (Wildman–Crippen LogP) is 5.44. The minimum Gasteiger partial charge on any atom is -0.494 e. The second kappa shape index (κ2) is 6.69. The van der Waals surface area contributed by atoms with Crippen LogP contribution in [0.4, 0.5) is 4.39 Å². The van der Waals surface area contributed by atoms with Crippen LogP contribution >= 0.6 is 0 Å². The van der Waals surface area contributed by atoms with Crippen LogP contribution in [0.3, 0.4) is 0 Å². The largest absolute Gasteiger partial charge is 0.494 e. The molecule has 0 aliphatic rings. The first kappa shape index (κ1) is 15.3. The maximum atomic E-state index is 14.8. The highest BCUT2D eigenvalue weighted by molar-refractivity contribution is 5.89. The summed E-state index contributed by atoms with van der Waals surface area (Å²) < 4.78 is 25.7. The number of fused-ring (bicyclic) bond motifs is 1. The van der Waals surface area contributed by atoms with Crippen molar-refractivity contribution >= 4 is 10.8 Å². The van der Waals surface area contributed by atoms with Crippen LogP contribution in [0.1, 0.15) is 13.8 Å². The molecule has 0 bridgehead atoms. The average molecular weight is 310 g/mol. The molecule has 0 unspecified atom stereocenters. The van der Waals surface area contributed by atoms with Crippen molar-refractivity contribution in [2.75, 3.05) is 13.2 Å². The Morgan fingerprint density at radius 3 is 2.13 bits per heavy atom. The zero-order valence-corrected chi connectivity index (χ0v) is 13.3. The van der Waals surface area contributed by atoms with Crippen LogP contribution in [0.25, 0.3) is 21.9 Å². The SMILES string of the molecule is CCOc1ccc(-c2ccc3cc(OCC)ccc3c2F)cc1. The summed E-state index contributed by atoms with van der Waals surface area (Å²) in [7, 11) is 0. The van der Waals surface area contributed by atoms with Gasteiger partial charge >= 0.3 is 0 Å². The minimum atomic E-state index is -0.213. The van der Waals surface area contributed by atoms with Crippen LogP contribution in [-0.4, -0.2) is 13.2 Å². The van der Waals surface area contributed by atoms with E-state index in [0.717, 1.165) is 22.4 Å². The van der Waals surface area contributed by atoms with Crippen molar-refractivity contribution in [2.45, 2.75) is 13.8 Å². The number of rotatable bonds is 5.